The zero-order valence-electron chi connectivity index (χ0n) is 14.2. The first kappa shape index (κ1) is 24.3. The van der Waals surface area contributed by atoms with Crippen molar-refractivity contribution < 1.29 is 56.3 Å². The molecule has 0 amide bonds. The minimum Gasteiger partial charge on any atom is -0.390 e. The Hall–Kier alpha value is -0.990. The summed E-state index contributed by atoms with van der Waals surface area (Å²) in [4.78, 5) is 60.2. The van der Waals surface area contributed by atoms with Gasteiger partial charge in [0.05, 0.1) is 25.4 Å². The molecule has 0 aliphatic carbocycles. The number of aliphatic hydroxyl groups excluding tert-OH is 1. The van der Waals surface area contributed by atoms with Crippen LogP contribution in [0, 0.1) is 0 Å². The number of rotatable bonds is 8. The zero-order valence-corrected chi connectivity index (χ0v) is 16.9. The van der Waals surface area contributed by atoms with Gasteiger partial charge < -0.3 is 29.4 Å². The third kappa shape index (κ3) is 7.64. The van der Waals surface area contributed by atoms with Crippen molar-refractivity contribution in [3.8, 4) is 0 Å². The first-order chi connectivity index (χ1) is 13.2. The van der Waals surface area contributed by atoms with Gasteiger partial charge in [-0.15, -0.1) is 0 Å². The van der Waals surface area contributed by atoms with Crippen LogP contribution in [0.4, 0.5) is 0 Å². The molecule has 166 valence electrons. The number of nitrogens with one attached hydrogen (secondary N) is 1. The number of hydrogen-bond donors (Lipinski definition) is 6. The molecule has 2 unspecified atom stereocenters. The molecule has 0 bridgehead atoms. The van der Waals surface area contributed by atoms with E-state index in [2.05, 4.69) is 13.1 Å². The van der Waals surface area contributed by atoms with E-state index >= 15 is 0 Å². The van der Waals surface area contributed by atoms with Crippen LogP contribution in [0.5, 0.6) is 0 Å². The van der Waals surface area contributed by atoms with E-state index in [1.54, 1.807) is 0 Å². The van der Waals surface area contributed by atoms with Gasteiger partial charge in [-0.25, -0.2) is 18.5 Å². The van der Waals surface area contributed by atoms with Crippen LogP contribution in [0.3, 0.4) is 0 Å². The van der Waals surface area contributed by atoms with Gasteiger partial charge in [-0.1, -0.05) is 0 Å². The standard InChI is InChI=1S/C10H17N2O14P3/c13-7-3-6(12-2-1-9(14)11-10(12)15)4-23-8(7)5-24-28(19,20)26-29(21,22)25-27(16,17)18/h1-2,6-8,13H,3-5H2,(H,19,20)(H,21,22)(H,11,14,15)(H2,16,17,18)/t6-,7-,8+/m0/s1. The van der Waals surface area contributed by atoms with Crippen LogP contribution in [0.2, 0.25) is 0 Å². The second-order valence-corrected chi connectivity index (χ2v) is 10.2. The fraction of sp³-hybridized carbons (Fsp3) is 0.600. The van der Waals surface area contributed by atoms with Gasteiger partial charge in [0.25, 0.3) is 5.56 Å². The van der Waals surface area contributed by atoms with Gasteiger partial charge in [0.2, 0.25) is 0 Å². The van der Waals surface area contributed by atoms with Crippen LogP contribution in [0.25, 0.3) is 0 Å². The fourth-order valence-corrected chi connectivity index (χ4v) is 5.41. The smallest absolute Gasteiger partial charge is 0.390 e. The summed E-state index contributed by atoms with van der Waals surface area (Å²) in [6.07, 6.45) is -1.40. The number of nitrogens with zero attached hydrogens (tertiary/aromatic N) is 1. The first-order valence-corrected chi connectivity index (χ1v) is 12.1. The zero-order chi connectivity index (χ0) is 22.0. The number of aromatic amines is 1. The van der Waals surface area contributed by atoms with Crippen molar-refractivity contribution in [1.82, 2.24) is 9.55 Å². The Morgan fingerprint density at radius 2 is 1.79 bits per heavy atom. The quantitative estimate of drug-likeness (QED) is 0.233. The van der Waals surface area contributed by atoms with Crippen LogP contribution < -0.4 is 11.2 Å². The molecule has 1 fully saturated rings. The lowest BCUT2D eigenvalue weighted by Gasteiger charge is -2.34. The molecule has 0 aromatic carbocycles. The molecule has 1 aromatic heterocycles. The lowest BCUT2D eigenvalue weighted by Crippen LogP contribution is -2.44. The van der Waals surface area contributed by atoms with Gasteiger partial charge in [-0.05, 0) is 6.42 Å². The first-order valence-electron chi connectivity index (χ1n) is 7.57. The monoisotopic (exact) mass is 482 g/mol. The second-order valence-electron chi connectivity index (χ2n) is 5.73. The summed E-state index contributed by atoms with van der Waals surface area (Å²) in [6, 6.07) is 0.423. The van der Waals surface area contributed by atoms with Crippen molar-refractivity contribution in [3.05, 3.63) is 33.1 Å². The average Bonchev–Trinajstić information content (AvgIpc) is 2.50. The van der Waals surface area contributed by atoms with Crippen molar-refractivity contribution in [1.29, 1.82) is 0 Å². The number of phosphoric ester groups is 1. The molecule has 1 aliphatic heterocycles. The Morgan fingerprint density at radius 1 is 1.14 bits per heavy atom. The predicted octanol–water partition coefficient (Wildman–Crippen LogP) is -1.43. The molecule has 0 spiro atoms. The summed E-state index contributed by atoms with van der Waals surface area (Å²) in [5.41, 5.74) is -1.34. The largest absolute Gasteiger partial charge is 0.490 e. The van der Waals surface area contributed by atoms with Crippen molar-refractivity contribution in [2.24, 2.45) is 0 Å². The third-order valence-corrected chi connectivity index (χ3v) is 7.31. The molecule has 0 saturated carbocycles. The molecular weight excluding hydrogens is 465 g/mol. The summed E-state index contributed by atoms with van der Waals surface area (Å²) in [5.74, 6) is 0. The van der Waals surface area contributed by atoms with Gasteiger partial charge in [0.1, 0.15) is 6.10 Å². The van der Waals surface area contributed by atoms with E-state index in [1.165, 1.54) is 6.20 Å². The molecule has 0 radical (unpaired) electrons. The lowest BCUT2D eigenvalue weighted by molar-refractivity contribution is -0.111. The van der Waals surface area contributed by atoms with Gasteiger partial charge in [-0.2, -0.15) is 8.62 Å². The normalized spacial score (nSPS) is 27.1. The Morgan fingerprint density at radius 3 is 2.34 bits per heavy atom. The summed E-state index contributed by atoms with van der Waals surface area (Å²) < 4.78 is 51.3. The molecule has 1 aromatic rings. The number of aromatic nitrogens is 2. The van der Waals surface area contributed by atoms with Crippen LogP contribution in [-0.2, 0) is 31.6 Å². The van der Waals surface area contributed by atoms with Crippen molar-refractivity contribution in [3.63, 3.8) is 0 Å². The minimum absolute atomic E-state index is 0.0730. The predicted molar refractivity (Wildman–Crippen MR) is 90.5 cm³/mol. The molecular formula is C10H17N2O14P3. The van der Waals surface area contributed by atoms with Crippen molar-refractivity contribution in [2.45, 2.75) is 24.7 Å². The maximum Gasteiger partial charge on any atom is 0.490 e. The Labute approximate surface area is 161 Å². The van der Waals surface area contributed by atoms with E-state index in [0.29, 0.717) is 0 Å². The molecule has 6 N–H and O–H groups in total. The highest BCUT2D eigenvalue weighted by Crippen LogP contribution is 2.66. The maximum absolute atomic E-state index is 11.8. The van der Waals surface area contributed by atoms with Gasteiger partial charge >= 0.3 is 29.2 Å². The van der Waals surface area contributed by atoms with E-state index in [9.17, 15) is 33.3 Å². The highest BCUT2D eigenvalue weighted by Gasteiger charge is 2.42. The van der Waals surface area contributed by atoms with Crippen molar-refractivity contribution in [2.75, 3.05) is 13.2 Å². The molecule has 1 aliphatic rings. The van der Waals surface area contributed by atoms with Crippen LogP contribution >= 0.6 is 23.5 Å². The summed E-state index contributed by atoms with van der Waals surface area (Å²) in [5, 5.41) is 10.1. The highest BCUT2D eigenvalue weighted by atomic mass is 31.3. The maximum atomic E-state index is 11.8. The Balaban J connectivity index is 1.94. The number of H-pyrrole nitrogens is 1. The molecule has 29 heavy (non-hydrogen) atoms. The fourth-order valence-electron chi connectivity index (χ4n) is 2.38. The number of phosphoric acid groups is 3. The Kier molecular flexibility index (Phi) is 7.55. The van der Waals surface area contributed by atoms with Gasteiger partial charge in [0, 0.05) is 12.3 Å². The summed E-state index contributed by atoms with van der Waals surface area (Å²) in [7, 11) is -16.5. The SMILES string of the molecule is O=c1ccn([C@@H]2CO[C@H](COP(=O)(O)OP(=O)(O)OP(=O)(O)O)[C@@H](O)C2)c(=O)[nH]1. The third-order valence-electron chi connectivity index (χ3n) is 3.51. The summed E-state index contributed by atoms with van der Waals surface area (Å²) in [6.45, 7) is -0.981. The Bertz CT molecular complexity index is 982. The van der Waals surface area contributed by atoms with Crippen LogP contribution in [-0.4, -0.2) is 59.7 Å². The molecule has 2 rings (SSSR count). The van der Waals surface area contributed by atoms with E-state index < -0.39 is 59.6 Å². The second kappa shape index (κ2) is 9.02. The average molecular weight is 482 g/mol. The van der Waals surface area contributed by atoms with E-state index in [0.717, 1.165) is 10.6 Å². The molecule has 2 heterocycles. The van der Waals surface area contributed by atoms with E-state index in [1.807, 2.05) is 4.98 Å². The highest BCUT2D eigenvalue weighted by molar-refractivity contribution is 7.66. The van der Waals surface area contributed by atoms with Gasteiger partial charge in [-0.3, -0.25) is 18.9 Å². The number of aliphatic hydroxyl groups is 1. The number of hydrogen-bond acceptors (Lipinski definition) is 10. The topological polar surface area (TPSA) is 244 Å². The van der Waals surface area contributed by atoms with Crippen LogP contribution in [0.15, 0.2) is 21.9 Å². The molecule has 16 nitrogen and oxygen atoms in total. The van der Waals surface area contributed by atoms with Crippen LogP contribution in [0.1, 0.15) is 12.5 Å². The lowest BCUT2D eigenvalue weighted by atomic mass is 10.0. The van der Waals surface area contributed by atoms with Crippen molar-refractivity contribution >= 4 is 23.5 Å². The summed E-state index contributed by atoms with van der Waals surface area (Å²) >= 11 is 0. The number of ether oxygens (including phenoxy) is 1. The molecule has 1 saturated heterocycles. The minimum atomic E-state index is -5.65. The van der Waals surface area contributed by atoms with E-state index in [4.69, 9.17) is 19.4 Å². The molecule has 19 heteroatoms. The van der Waals surface area contributed by atoms with Gasteiger partial charge in [0.15, 0.2) is 0 Å². The van der Waals surface area contributed by atoms with E-state index in [-0.39, 0.29) is 13.0 Å². The molecule has 5 atom stereocenters.